The van der Waals surface area contributed by atoms with E-state index in [0.29, 0.717) is 53.9 Å². The molecule has 5 N–H and O–H groups in total. The number of nitrogens with one attached hydrogen (secondary N) is 3. The van der Waals surface area contributed by atoms with E-state index in [1.165, 1.54) is 0 Å². The van der Waals surface area contributed by atoms with Crippen molar-refractivity contribution < 1.29 is 4.74 Å². The van der Waals surface area contributed by atoms with Crippen LogP contribution in [-0.4, -0.2) is 41.3 Å². The summed E-state index contributed by atoms with van der Waals surface area (Å²) < 4.78 is 5.48. The van der Waals surface area contributed by atoms with Crippen LogP contribution in [0.1, 0.15) is 11.1 Å². The van der Waals surface area contributed by atoms with Gasteiger partial charge < -0.3 is 30.7 Å². The van der Waals surface area contributed by atoms with Crippen molar-refractivity contribution >= 4 is 44.9 Å². The van der Waals surface area contributed by atoms with Gasteiger partial charge in [0.15, 0.2) is 0 Å². The minimum Gasteiger partial charge on any atom is -0.380 e. The molecule has 3 heterocycles. The van der Waals surface area contributed by atoms with Crippen LogP contribution in [0.3, 0.4) is 0 Å². The van der Waals surface area contributed by atoms with Crippen LogP contribution in [0.4, 0.5) is 11.4 Å². The molecule has 0 atom stereocenters. The van der Waals surface area contributed by atoms with Gasteiger partial charge >= 0.3 is 0 Å². The lowest BCUT2D eigenvalue weighted by Gasteiger charge is -2.28. The van der Waals surface area contributed by atoms with Crippen molar-refractivity contribution in [3.63, 3.8) is 0 Å². The fourth-order valence-electron chi connectivity index (χ4n) is 4.79. The molecular weight excluding hydrogens is 488 g/mol. The lowest BCUT2D eigenvalue weighted by atomic mass is 10.1. The van der Waals surface area contributed by atoms with Crippen molar-refractivity contribution in [3.8, 4) is 11.4 Å². The fraction of sp³-hybridized carbons (Fsp3) is 0.214. The number of fused-ring (bicyclic) bond motifs is 2. The number of anilines is 2. The molecule has 188 valence electrons. The Labute approximate surface area is 218 Å². The molecule has 9 heteroatoms. The number of nitrogens with two attached hydrogens (primary N) is 1. The summed E-state index contributed by atoms with van der Waals surface area (Å²) in [5.74, 6) is 0.498. The molecule has 1 saturated heterocycles. The van der Waals surface area contributed by atoms with Gasteiger partial charge in [0.2, 0.25) is 0 Å². The summed E-state index contributed by atoms with van der Waals surface area (Å²) >= 11 is 6.37. The third kappa shape index (κ3) is 4.67. The summed E-state index contributed by atoms with van der Waals surface area (Å²) in [4.78, 5) is 26.9. The molecule has 0 amide bonds. The molecule has 1 aliphatic heterocycles. The number of ether oxygens (including phenoxy) is 1. The lowest BCUT2D eigenvalue weighted by molar-refractivity contribution is 0.122. The highest BCUT2D eigenvalue weighted by Gasteiger charge is 2.19. The second kappa shape index (κ2) is 9.89. The first-order valence-electron chi connectivity index (χ1n) is 12.3. The van der Waals surface area contributed by atoms with Gasteiger partial charge in [-0.25, -0.2) is 4.98 Å². The van der Waals surface area contributed by atoms with Crippen molar-refractivity contribution in [1.29, 1.82) is 0 Å². The Kier molecular flexibility index (Phi) is 6.30. The zero-order valence-electron chi connectivity index (χ0n) is 20.2. The van der Waals surface area contributed by atoms with Crippen LogP contribution >= 0.6 is 11.6 Å². The predicted molar refractivity (Wildman–Crippen MR) is 149 cm³/mol. The van der Waals surface area contributed by atoms with E-state index in [2.05, 4.69) is 32.3 Å². The molecule has 0 bridgehead atoms. The van der Waals surface area contributed by atoms with Crippen LogP contribution in [0.2, 0.25) is 5.02 Å². The number of rotatable bonds is 6. The number of aromatic nitrogens is 3. The number of halogens is 1. The summed E-state index contributed by atoms with van der Waals surface area (Å²) in [7, 11) is 0. The number of nitrogens with zero attached hydrogens (tertiary/aromatic N) is 2. The Morgan fingerprint density at radius 1 is 0.973 bits per heavy atom. The molecule has 5 aromatic rings. The number of imidazole rings is 1. The third-order valence-electron chi connectivity index (χ3n) is 6.78. The Morgan fingerprint density at radius 3 is 2.54 bits per heavy atom. The Hall–Kier alpha value is -3.85. The van der Waals surface area contributed by atoms with Crippen molar-refractivity contribution in [3.05, 3.63) is 87.2 Å². The summed E-state index contributed by atoms with van der Waals surface area (Å²) in [5, 5.41) is 4.89. The molecule has 0 saturated carbocycles. The van der Waals surface area contributed by atoms with Gasteiger partial charge in [-0.1, -0.05) is 35.9 Å². The largest absolute Gasteiger partial charge is 0.380 e. The molecule has 0 spiro atoms. The van der Waals surface area contributed by atoms with Crippen LogP contribution in [0.5, 0.6) is 0 Å². The van der Waals surface area contributed by atoms with E-state index < -0.39 is 0 Å². The Morgan fingerprint density at radius 2 is 1.76 bits per heavy atom. The number of pyridine rings is 1. The zero-order chi connectivity index (χ0) is 25.4. The molecule has 0 radical (unpaired) electrons. The van der Waals surface area contributed by atoms with E-state index in [-0.39, 0.29) is 5.56 Å². The maximum atomic E-state index is 13.4. The average molecular weight is 515 g/mol. The van der Waals surface area contributed by atoms with E-state index in [9.17, 15) is 4.79 Å². The average Bonchev–Trinajstić information content (AvgIpc) is 3.35. The summed E-state index contributed by atoms with van der Waals surface area (Å²) in [5.41, 5.74) is 12.2. The molecule has 3 aromatic carbocycles. The van der Waals surface area contributed by atoms with Crippen LogP contribution in [0.15, 0.2) is 65.5 Å². The number of morpholine rings is 1. The Bertz CT molecular complexity index is 1640. The normalized spacial score (nSPS) is 13.9. The first-order valence-corrected chi connectivity index (χ1v) is 12.7. The van der Waals surface area contributed by atoms with Gasteiger partial charge in [-0.3, -0.25) is 4.79 Å². The highest BCUT2D eigenvalue weighted by atomic mass is 35.5. The second-order valence-electron chi connectivity index (χ2n) is 9.15. The molecule has 2 aromatic heterocycles. The van der Waals surface area contributed by atoms with Crippen LogP contribution in [0, 0.1) is 0 Å². The number of hydrogen-bond donors (Lipinski definition) is 4. The number of aromatic amines is 2. The predicted octanol–water partition coefficient (Wildman–Crippen LogP) is 4.63. The third-order valence-corrected chi connectivity index (χ3v) is 7.02. The van der Waals surface area contributed by atoms with Gasteiger partial charge in [-0.05, 0) is 47.5 Å². The smallest absolute Gasteiger partial charge is 0.261 e. The number of benzene rings is 3. The van der Waals surface area contributed by atoms with Crippen LogP contribution in [-0.2, 0) is 17.8 Å². The van der Waals surface area contributed by atoms with Crippen molar-refractivity contribution in [2.24, 2.45) is 5.73 Å². The van der Waals surface area contributed by atoms with Gasteiger partial charge in [0.1, 0.15) is 11.4 Å². The van der Waals surface area contributed by atoms with Crippen molar-refractivity contribution in [2.45, 2.75) is 13.1 Å². The first-order chi connectivity index (χ1) is 18.1. The van der Waals surface area contributed by atoms with E-state index in [1.54, 1.807) is 6.07 Å². The molecule has 6 rings (SSSR count). The van der Waals surface area contributed by atoms with Gasteiger partial charge in [-0.15, -0.1) is 0 Å². The molecule has 1 fully saturated rings. The van der Waals surface area contributed by atoms with Gasteiger partial charge in [0.05, 0.1) is 35.5 Å². The maximum absolute atomic E-state index is 13.4. The van der Waals surface area contributed by atoms with Gasteiger partial charge in [-0.2, -0.15) is 0 Å². The second-order valence-corrected chi connectivity index (χ2v) is 9.59. The SMILES string of the molecule is NCc1ccc(CNc2c(-c3nc4ccc(N5CCOCC5)cc4[nH]3)c(=O)[nH]c3ccc(Cl)cc23)cc1. The summed E-state index contributed by atoms with van der Waals surface area (Å²) in [6, 6.07) is 19.7. The standard InChI is InChI=1S/C28H27ClN6O2/c29-19-5-7-22-21(13-19)26(31-16-18-3-1-17(15-30)2-4-18)25(28(36)34-22)27-32-23-8-6-20(14-24(23)33-27)35-9-11-37-12-10-35/h1-8,13-14H,9-12,15-16,30H2,(H,32,33)(H2,31,34,36). The van der Waals surface area contributed by atoms with Crippen molar-refractivity contribution in [2.75, 3.05) is 36.5 Å². The Balaban J connectivity index is 1.44. The van der Waals surface area contributed by atoms with E-state index in [0.717, 1.165) is 46.3 Å². The minimum absolute atomic E-state index is 0.233. The molecule has 0 unspecified atom stereocenters. The number of hydrogen-bond acceptors (Lipinski definition) is 6. The van der Waals surface area contributed by atoms with E-state index in [4.69, 9.17) is 27.1 Å². The molecule has 8 nitrogen and oxygen atoms in total. The van der Waals surface area contributed by atoms with Gasteiger partial charge in [0, 0.05) is 42.3 Å². The van der Waals surface area contributed by atoms with Gasteiger partial charge in [0.25, 0.3) is 5.56 Å². The topological polar surface area (TPSA) is 112 Å². The minimum atomic E-state index is -0.233. The first kappa shape index (κ1) is 23.5. The number of H-pyrrole nitrogens is 2. The quantitative estimate of drug-likeness (QED) is 0.263. The highest BCUT2D eigenvalue weighted by Crippen LogP contribution is 2.33. The monoisotopic (exact) mass is 514 g/mol. The molecule has 1 aliphatic rings. The fourth-order valence-corrected chi connectivity index (χ4v) is 4.96. The van der Waals surface area contributed by atoms with E-state index in [1.807, 2.05) is 42.5 Å². The summed E-state index contributed by atoms with van der Waals surface area (Å²) in [6.45, 7) is 4.13. The summed E-state index contributed by atoms with van der Waals surface area (Å²) in [6.07, 6.45) is 0. The zero-order valence-corrected chi connectivity index (χ0v) is 20.9. The molecular formula is C28H27ClN6O2. The van der Waals surface area contributed by atoms with Crippen LogP contribution in [0.25, 0.3) is 33.3 Å². The maximum Gasteiger partial charge on any atom is 0.261 e. The lowest BCUT2D eigenvalue weighted by Crippen LogP contribution is -2.36. The van der Waals surface area contributed by atoms with Crippen LogP contribution < -0.4 is 21.5 Å². The molecule has 0 aliphatic carbocycles. The van der Waals surface area contributed by atoms with Crippen molar-refractivity contribution in [1.82, 2.24) is 15.0 Å². The molecule has 37 heavy (non-hydrogen) atoms. The highest BCUT2D eigenvalue weighted by molar-refractivity contribution is 6.31. The van der Waals surface area contributed by atoms with E-state index >= 15 is 0 Å².